The molecule has 0 aromatic heterocycles. The first kappa shape index (κ1) is 39.7. The summed E-state index contributed by atoms with van der Waals surface area (Å²) in [5, 5.41) is 14.5. The minimum absolute atomic E-state index is 0.0661. The van der Waals surface area contributed by atoms with Gasteiger partial charge in [-0.25, -0.2) is 0 Å². The van der Waals surface area contributed by atoms with Crippen LogP contribution in [0.25, 0.3) is 0 Å². The Morgan fingerprint density at radius 3 is 2.24 bits per heavy atom. The summed E-state index contributed by atoms with van der Waals surface area (Å²) in [6.45, 7) is 3.13. The molecule has 4 rings (SSSR count). The van der Waals surface area contributed by atoms with Gasteiger partial charge in [-0.05, 0) is 72.8 Å². The van der Waals surface area contributed by atoms with E-state index in [1.165, 1.54) is 36.0 Å². The fourth-order valence-corrected chi connectivity index (χ4v) is 7.74. The van der Waals surface area contributed by atoms with E-state index in [4.69, 9.17) is 9.29 Å². The summed E-state index contributed by atoms with van der Waals surface area (Å²) in [4.78, 5) is 57.9. The Kier molecular flexibility index (Phi) is 14.0. The highest BCUT2D eigenvalue weighted by molar-refractivity contribution is 8.14. The molecule has 15 heteroatoms. The molecule has 1 aliphatic heterocycles. The summed E-state index contributed by atoms with van der Waals surface area (Å²) in [6, 6.07) is 16.9. The van der Waals surface area contributed by atoms with Crippen LogP contribution in [0.15, 0.2) is 76.5 Å². The Morgan fingerprint density at radius 2 is 1.65 bits per heavy atom. The molecule has 0 spiro atoms. The van der Waals surface area contributed by atoms with Gasteiger partial charge < -0.3 is 20.5 Å². The number of carbonyl (C=O) groups excluding carboxylic acids is 4. The number of fused-ring (bicyclic) bond motifs is 1. The highest BCUT2D eigenvalue weighted by Crippen LogP contribution is 2.51. The second-order valence-corrected chi connectivity index (χ2v) is 15.5. The maximum absolute atomic E-state index is 14.7. The molecule has 3 amide bonds. The number of hydrogen-bond acceptors (Lipinski definition) is 10. The quantitative estimate of drug-likeness (QED) is 0.0719. The van der Waals surface area contributed by atoms with Crippen LogP contribution in [0, 0.1) is 5.41 Å². The van der Waals surface area contributed by atoms with Gasteiger partial charge in [-0.3, -0.25) is 28.6 Å². The van der Waals surface area contributed by atoms with Crippen LogP contribution in [-0.2, 0) is 29.3 Å². The minimum Gasteiger partial charge on any atom is -0.508 e. The SMILES string of the molecule is CCCCC1(CCCC)C(=O)Sc2cc(OCC(=O)N[C@@H](C(=O)NCCS(=O)(=O)O)c3ccc(O)cc3)c(SC)cc2N(c2ccccc2)C1=O. The van der Waals surface area contributed by atoms with E-state index < -0.39 is 52.3 Å². The predicted molar refractivity (Wildman–Crippen MR) is 198 cm³/mol. The number of phenolic OH excluding ortho intramolecular Hbond substituents is 1. The van der Waals surface area contributed by atoms with Gasteiger partial charge in [0.1, 0.15) is 23.0 Å². The van der Waals surface area contributed by atoms with Gasteiger partial charge in [-0.2, -0.15) is 8.42 Å². The third-order valence-corrected chi connectivity index (χ3v) is 11.0. The van der Waals surface area contributed by atoms with Crippen LogP contribution in [0.3, 0.4) is 0 Å². The molecular weight excluding hydrogens is 715 g/mol. The lowest BCUT2D eigenvalue weighted by atomic mass is 9.77. The maximum Gasteiger partial charge on any atom is 0.266 e. The molecule has 0 saturated heterocycles. The van der Waals surface area contributed by atoms with Crippen LogP contribution in [0.5, 0.6) is 11.5 Å². The number of para-hydroxylation sites is 1. The number of thioether (sulfide) groups is 2. The molecule has 3 aromatic carbocycles. The zero-order chi connectivity index (χ0) is 37.2. The van der Waals surface area contributed by atoms with Crippen molar-refractivity contribution in [1.29, 1.82) is 0 Å². The molecule has 274 valence electrons. The van der Waals surface area contributed by atoms with E-state index in [1.54, 1.807) is 17.0 Å². The van der Waals surface area contributed by atoms with Crippen molar-refractivity contribution in [3.8, 4) is 11.5 Å². The van der Waals surface area contributed by atoms with Crippen molar-refractivity contribution in [2.24, 2.45) is 5.41 Å². The number of anilines is 2. The number of phenols is 1. The topological polar surface area (TPSA) is 179 Å². The predicted octanol–water partition coefficient (Wildman–Crippen LogP) is 6.02. The number of amides is 3. The number of carbonyl (C=O) groups is 4. The summed E-state index contributed by atoms with van der Waals surface area (Å²) in [7, 11) is -4.34. The molecule has 3 aromatic rings. The van der Waals surface area contributed by atoms with Crippen LogP contribution < -0.4 is 20.3 Å². The molecular formula is C36H43N3O9S3. The van der Waals surface area contributed by atoms with Crippen LogP contribution in [0.1, 0.15) is 64.0 Å². The highest BCUT2D eigenvalue weighted by atomic mass is 32.2. The first-order valence-electron chi connectivity index (χ1n) is 16.6. The van der Waals surface area contributed by atoms with Gasteiger partial charge in [0.15, 0.2) is 6.61 Å². The molecule has 0 bridgehead atoms. The zero-order valence-electron chi connectivity index (χ0n) is 28.7. The first-order chi connectivity index (χ1) is 24.3. The van der Waals surface area contributed by atoms with Gasteiger partial charge in [0.25, 0.3) is 16.0 Å². The summed E-state index contributed by atoms with van der Waals surface area (Å²) in [6.07, 6.45) is 5.75. The van der Waals surface area contributed by atoms with E-state index in [-0.39, 0.29) is 16.8 Å². The monoisotopic (exact) mass is 757 g/mol. The molecule has 0 fully saturated rings. The second-order valence-electron chi connectivity index (χ2n) is 12.1. The Bertz CT molecular complexity index is 1810. The van der Waals surface area contributed by atoms with E-state index in [2.05, 4.69) is 10.6 Å². The molecule has 12 nitrogen and oxygen atoms in total. The van der Waals surface area contributed by atoms with Gasteiger partial charge in [0.2, 0.25) is 16.9 Å². The molecule has 0 aliphatic carbocycles. The Labute approximate surface area is 306 Å². The van der Waals surface area contributed by atoms with Crippen LogP contribution in [-0.4, -0.2) is 66.1 Å². The fourth-order valence-electron chi connectivity index (χ4n) is 5.72. The van der Waals surface area contributed by atoms with E-state index in [0.717, 1.165) is 24.6 Å². The first-order valence-corrected chi connectivity index (χ1v) is 20.3. The number of unbranched alkanes of at least 4 members (excludes halogenated alkanes) is 2. The normalized spacial score (nSPS) is 14.7. The van der Waals surface area contributed by atoms with Crippen molar-refractivity contribution in [1.82, 2.24) is 10.6 Å². The number of nitrogens with one attached hydrogen (secondary N) is 2. The molecule has 0 radical (unpaired) electrons. The number of rotatable bonds is 17. The van der Waals surface area contributed by atoms with E-state index in [1.807, 2.05) is 50.4 Å². The van der Waals surface area contributed by atoms with E-state index in [0.29, 0.717) is 58.2 Å². The average molecular weight is 758 g/mol. The molecule has 1 atom stereocenters. The molecule has 1 heterocycles. The van der Waals surface area contributed by atoms with Crippen molar-refractivity contribution in [3.05, 3.63) is 72.3 Å². The standard InChI is InChI=1S/C36H43N3O9S3/c1-4-6-17-36(18-7-5-2)34(43)39(25-11-9-8-10-12-25)27-21-30(49-3)28(22-29(27)50-35(36)44)48-23-31(41)38-32(24-13-15-26(40)16-14-24)33(42)37-19-20-51(45,46)47/h8-16,21-22,32,40H,4-7,17-20,23H2,1-3H3,(H,37,42)(H,38,41)(H,45,46,47)/t32-/m1/s1. The number of benzene rings is 3. The average Bonchev–Trinajstić information content (AvgIpc) is 3.18. The van der Waals surface area contributed by atoms with Crippen molar-refractivity contribution in [3.63, 3.8) is 0 Å². The van der Waals surface area contributed by atoms with Crippen molar-refractivity contribution >= 4 is 67.9 Å². The van der Waals surface area contributed by atoms with Crippen LogP contribution >= 0.6 is 23.5 Å². The van der Waals surface area contributed by atoms with E-state index >= 15 is 0 Å². The number of hydrogen-bond donors (Lipinski definition) is 4. The minimum atomic E-state index is -4.34. The molecule has 0 unspecified atom stereocenters. The van der Waals surface area contributed by atoms with Crippen molar-refractivity contribution in [2.45, 2.75) is 68.2 Å². The third-order valence-electron chi connectivity index (χ3n) is 8.43. The fraction of sp³-hybridized carbons (Fsp3) is 0.389. The number of aromatic hydroxyl groups is 1. The molecule has 1 aliphatic rings. The Hall–Kier alpha value is -4.05. The maximum atomic E-state index is 14.7. The Morgan fingerprint density at radius 1 is 1.00 bits per heavy atom. The highest BCUT2D eigenvalue weighted by Gasteiger charge is 2.50. The van der Waals surface area contributed by atoms with Crippen molar-refractivity contribution < 1.29 is 42.0 Å². The lowest BCUT2D eigenvalue weighted by molar-refractivity contribution is -0.136. The number of ether oxygens (including phenoxy) is 1. The smallest absolute Gasteiger partial charge is 0.266 e. The van der Waals surface area contributed by atoms with Gasteiger partial charge in [0.05, 0.1) is 16.3 Å². The zero-order valence-corrected chi connectivity index (χ0v) is 31.2. The summed E-state index contributed by atoms with van der Waals surface area (Å²) in [5.74, 6) is -2.19. The lowest BCUT2D eigenvalue weighted by Gasteiger charge is -2.34. The number of nitrogens with zero attached hydrogens (tertiary/aromatic N) is 1. The molecule has 51 heavy (non-hydrogen) atoms. The molecule has 4 N–H and O–H groups in total. The van der Waals surface area contributed by atoms with Gasteiger partial charge in [0, 0.05) is 17.1 Å². The molecule has 0 saturated carbocycles. The summed E-state index contributed by atoms with van der Waals surface area (Å²) < 4.78 is 37.3. The third kappa shape index (κ3) is 10.1. The van der Waals surface area contributed by atoms with E-state index in [9.17, 15) is 32.7 Å². The van der Waals surface area contributed by atoms with Crippen LogP contribution in [0.2, 0.25) is 0 Å². The summed E-state index contributed by atoms with van der Waals surface area (Å²) >= 11 is 2.34. The van der Waals surface area contributed by atoms with Crippen molar-refractivity contribution in [2.75, 3.05) is 30.1 Å². The Balaban J connectivity index is 1.65. The largest absolute Gasteiger partial charge is 0.508 e. The van der Waals surface area contributed by atoms with Crippen LogP contribution in [0.4, 0.5) is 11.4 Å². The summed E-state index contributed by atoms with van der Waals surface area (Å²) in [5.41, 5.74) is 0.244. The second kappa shape index (κ2) is 17.9. The van der Waals surface area contributed by atoms with Gasteiger partial charge in [-0.15, -0.1) is 11.8 Å². The van der Waals surface area contributed by atoms with Gasteiger partial charge in [-0.1, -0.05) is 69.9 Å². The van der Waals surface area contributed by atoms with Gasteiger partial charge >= 0.3 is 0 Å². The lowest BCUT2D eigenvalue weighted by Crippen LogP contribution is -2.45.